The Morgan fingerprint density at radius 2 is 2.00 bits per heavy atom. The van der Waals surface area contributed by atoms with Gasteiger partial charge in [0.25, 0.3) is 0 Å². The zero-order chi connectivity index (χ0) is 14.8. The second-order valence-corrected chi connectivity index (χ2v) is 6.03. The molecule has 0 aliphatic carbocycles. The Morgan fingerprint density at radius 1 is 1.30 bits per heavy atom. The van der Waals surface area contributed by atoms with Crippen molar-refractivity contribution >= 4 is 17.8 Å². The monoisotopic (exact) mass is 296 g/mol. The van der Waals surface area contributed by atoms with Gasteiger partial charge in [-0.25, -0.2) is 4.79 Å². The van der Waals surface area contributed by atoms with E-state index < -0.39 is 0 Å². The lowest BCUT2D eigenvalue weighted by atomic mass is 10.1. The van der Waals surface area contributed by atoms with Crippen LogP contribution in [-0.4, -0.2) is 36.1 Å². The van der Waals surface area contributed by atoms with E-state index in [1.807, 2.05) is 32.0 Å². The number of nitrogens with one attached hydrogen (secondary N) is 2. The zero-order valence-electron chi connectivity index (χ0n) is 12.1. The standard InChI is InChI=1S/C15H24N2O2S/c1-12(11-18)13(2)17-15(19)16-9-6-10-20-14-7-4-3-5-8-14/h3-5,7-8,12-13,18H,6,9-11H2,1-2H3,(H2,16,17,19). The molecular weight excluding hydrogens is 272 g/mol. The lowest BCUT2D eigenvalue weighted by molar-refractivity contribution is 0.200. The van der Waals surface area contributed by atoms with E-state index in [9.17, 15) is 4.79 Å². The van der Waals surface area contributed by atoms with Crippen LogP contribution in [-0.2, 0) is 0 Å². The number of benzene rings is 1. The Labute approximate surface area is 125 Å². The lowest BCUT2D eigenvalue weighted by Crippen LogP contribution is -2.44. The van der Waals surface area contributed by atoms with Crippen LogP contribution in [0.2, 0.25) is 0 Å². The first-order valence-corrected chi connectivity index (χ1v) is 7.95. The minimum Gasteiger partial charge on any atom is -0.396 e. The molecule has 4 nitrogen and oxygen atoms in total. The third kappa shape index (κ3) is 6.82. The molecule has 0 aliphatic heterocycles. The van der Waals surface area contributed by atoms with Crippen LogP contribution < -0.4 is 10.6 Å². The Balaban J connectivity index is 2.07. The summed E-state index contributed by atoms with van der Waals surface area (Å²) in [7, 11) is 0. The zero-order valence-corrected chi connectivity index (χ0v) is 13.0. The number of aliphatic hydroxyl groups excluding tert-OH is 1. The quantitative estimate of drug-likeness (QED) is 0.510. The molecule has 0 saturated carbocycles. The highest BCUT2D eigenvalue weighted by molar-refractivity contribution is 7.99. The van der Waals surface area contributed by atoms with Gasteiger partial charge in [-0.3, -0.25) is 0 Å². The maximum absolute atomic E-state index is 11.6. The van der Waals surface area contributed by atoms with Crippen LogP contribution in [0.15, 0.2) is 35.2 Å². The SMILES string of the molecule is CC(CO)C(C)NC(=O)NCCCSc1ccccc1. The number of rotatable bonds is 8. The molecule has 0 fully saturated rings. The third-order valence-electron chi connectivity index (χ3n) is 3.12. The number of aliphatic hydroxyl groups is 1. The molecule has 0 radical (unpaired) electrons. The second-order valence-electron chi connectivity index (χ2n) is 4.86. The van der Waals surface area contributed by atoms with Gasteiger partial charge in [0.15, 0.2) is 0 Å². The summed E-state index contributed by atoms with van der Waals surface area (Å²) in [4.78, 5) is 12.8. The summed E-state index contributed by atoms with van der Waals surface area (Å²) in [5.74, 6) is 1.04. The fourth-order valence-corrected chi connectivity index (χ4v) is 2.41. The van der Waals surface area contributed by atoms with Crippen molar-refractivity contribution in [2.75, 3.05) is 18.9 Å². The predicted molar refractivity (Wildman–Crippen MR) is 84.0 cm³/mol. The van der Waals surface area contributed by atoms with Crippen molar-refractivity contribution in [2.45, 2.75) is 31.2 Å². The molecule has 0 heterocycles. The molecule has 112 valence electrons. The van der Waals surface area contributed by atoms with Gasteiger partial charge in [-0.15, -0.1) is 11.8 Å². The maximum atomic E-state index is 11.6. The lowest BCUT2D eigenvalue weighted by Gasteiger charge is -2.19. The second kappa shape index (κ2) is 9.66. The van der Waals surface area contributed by atoms with E-state index in [-0.39, 0.29) is 24.6 Å². The number of amides is 2. The third-order valence-corrected chi connectivity index (χ3v) is 4.22. The van der Waals surface area contributed by atoms with Crippen molar-refractivity contribution in [2.24, 2.45) is 5.92 Å². The molecule has 2 unspecified atom stereocenters. The van der Waals surface area contributed by atoms with Crippen LogP contribution >= 0.6 is 11.8 Å². The van der Waals surface area contributed by atoms with Crippen molar-refractivity contribution in [1.82, 2.24) is 10.6 Å². The summed E-state index contributed by atoms with van der Waals surface area (Å²) < 4.78 is 0. The number of urea groups is 1. The van der Waals surface area contributed by atoms with E-state index in [1.54, 1.807) is 11.8 Å². The number of carbonyl (C=O) groups is 1. The summed E-state index contributed by atoms with van der Waals surface area (Å²) in [6, 6.07) is 10.0. The van der Waals surface area contributed by atoms with E-state index >= 15 is 0 Å². The van der Waals surface area contributed by atoms with Crippen molar-refractivity contribution in [3.8, 4) is 0 Å². The summed E-state index contributed by atoms with van der Waals surface area (Å²) in [6.07, 6.45) is 0.927. The van der Waals surface area contributed by atoms with Crippen LogP contribution in [0.4, 0.5) is 4.79 Å². The fourth-order valence-electron chi connectivity index (χ4n) is 1.54. The highest BCUT2D eigenvalue weighted by Crippen LogP contribution is 2.17. The van der Waals surface area contributed by atoms with Crippen molar-refractivity contribution in [3.05, 3.63) is 30.3 Å². The highest BCUT2D eigenvalue weighted by Gasteiger charge is 2.13. The Hall–Kier alpha value is -1.20. The minimum atomic E-state index is -0.164. The van der Waals surface area contributed by atoms with Gasteiger partial charge in [-0.1, -0.05) is 25.1 Å². The molecule has 3 N–H and O–H groups in total. The van der Waals surface area contributed by atoms with Crippen LogP contribution in [0, 0.1) is 5.92 Å². The van der Waals surface area contributed by atoms with Gasteiger partial charge < -0.3 is 15.7 Å². The van der Waals surface area contributed by atoms with E-state index in [0.717, 1.165) is 12.2 Å². The summed E-state index contributed by atoms with van der Waals surface area (Å²) in [6.45, 7) is 4.54. The number of hydrogen-bond donors (Lipinski definition) is 3. The van der Waals surface area contributed by atoms with E-state index in [4.69, 9.17) is 5.11 Å². The van der Waals surface area contributed by atoms with Crippen molar-refractivity contribution in [1.29, 1.82) is 0 Å². The first kappa shape index (κ1) is 16.9. The fraction of sp³-hybridized carbons (Fsp3) is 0.533. The number of hydrogen-bond acceptors (Lipinski definition) is 3. The van der Waals surface area contributed by atoms with Crippen molar-refractivity contribution in [3.63, 3.8) is 0 Å². The average Bonchev–Trinajstić information content (AvgIpc) is 2.47. The largest absolute Gasteiger partial charge is 0.396 e. The summed E-state index contributed by atoms with van der Waals surface area (Å²) in [5.41, 5.74) is 0. The van der Waals surface area contributed by atoms with Crippen LogP contribution in [0.25, 0.3) is 0 Å². The maximum Gasteiger partial charge on any atom is 0.315 e. The van der Waals surface area contributed by atoms with Crippen LogP contribution in [0.5, 0.6) is 0 Å². The first-order valence-electron chi connectivity index (χ1n) is 6.96. The van der Waals surface area contributed by atoms with Crippen LogP contribution in [0.1, 0.15) is 20.3 Å². The smallest absolute Gasteiger partial charge is 0.315 e. The Kier molecular flexibility index (Phi) is 8.14. The molecule has 2 amide bonds. The molecule has 5 heteroatoms. The molecule has 0 aliphatic rings. The predicted octanol–water partition coefficient (Wildman–Crippen LogP) is 2.48. The molecule has 0 aromatic heterocycles. The molecule has 1 rings (SSSR count). The number of thioether (sulfide) groups is 1. The van der Waals surface area contributed by atoms with Gasteiger partial charge in [-0.2, -0.15) is 0 Å². The molecule has 0 spiro atoms. The highest BCUT2D eigenvalue weighted by atomic mass is 32.2. The molecule has 20 heavy (non-hydrogen) atoms. The van der Waals surface area contributed by atoms with Crippen LogP contribution in [0.3, 0.4) is 0 Å². The Bertz CT molecular complexity index is 387. The summed E-state index contributed by atoms with van der Waals surface area (Å²) in [5, 5.41) is 14.7. The average molecular weight is 296 g/mol. The van der Waals surface area contributed by atoms with Gasteiger partial charge >= 0.3 is 6.03 Å². The van der Waals surface area contributed by atoms with Crippen molar-refractivity contribution < 1.29 is 9.90 Å². The summed E-state index contributed by atoms with van der Waals surface area (Å²) >= 11 is 1.79. The molecule has 0 bridgehead atoms. The normalized spacial score (nSPS) is 13.6. The van der Waals surface area contributed by atoms with E-state index in [2.05, 4.69) is 22.8 Å². The van der Waals surface area contributed by atoms with Gasteiger partial charge in [0.2, 0.25) is 0 Å². The Morgan fingerprint density at radius 3 is 2.65 bits per heavy atom. The number of carbonyl (C=O) groups excluding carboxylic acids is 1. The van der Waals surface area contributed by atoms with Gasteiger partial charge in [0, 0.05) is 24.1 Å². The van der Waals surface area contributed by atoms with E-state index in [1.165, 1.54) is 4.90 Å². The van der Waals surface area contributed by atoms with Gasteiger partial charge in [-0.05, 0) is 37.1 Å². The van der Waals surface area contributed by atoms with Gasteiger partial charge in [0.05, 0.1) is 0 Å². The topological polar surface area (TPSA) is 61.4 Å². The minimum absolute atomic E-state index is 0.0290. The van der Waals surface area contributed by atoms with E-state index in [0.29, 0.717) is 6.54 Å². The molecule has 1 aromatic carbocycles. The van der Waals surface area contributed by atoms with Gasteiger partial charge in [0.1, 0.15) is 0 Å². The molecule has 2 atom stereocenters. The molecule has 0 saturated heterocycles. The molecular formula is C15H24N2O2S. The first-order chi connectivity index (χ1) is 9.63. The molecule has 1 aromatic rings.